The maximum absolute atomic E-state index is 11.9. The Labute approximate surface area is 134 Å². The number of fused-ring (bicyclic) bond motifs is 1. The van der Waals surface area contributed by atoms with Crippen molar-refractivity contribution in [2.24, 2.45) is 0 Å². The van der Waals surface area contributed by atoms with Crippen LogP contribution < -0.4 is 10.6 Å². The van der Waals surface area contributed by atoms with Crippen LogP contribution in [0.15, 0.2) is 24.5 Å². The van der Waals surface area contributed by atoms with Crippen LogP contribution in [-0.2, 0) is 16.1 Å². The quantitative estimate of drug-likeness (QED) is 0.727. The molecule has 0 bridgehead atoms. The van der Waals surface area contributed by atoms with E-state index in [1.165, 1.54) is 29.3 Å². The lowest BCUT2D eigenvalue weighted by Gasteiger charge is -2.00. The third-order valence-electron chi connectivity index (χ3n) is 2.91. The molecule has 0 atom stereocenters. The minimum atomic E-state index is -0.165. The number of tetrazole rings is 1. The van der Waals surface area contributed by atoms with E-state index in [1.807, 2.05) is 6.07 Å². The van der Waals surface area contributed by atoms with Gasteiger partial charge in [-0.1, -0.05) is 11.3 Å². The van der Waals surface area contributed by atoms with Gasteiger partial charge in [-0.15, -0.1) is 5.10 Å². The summed E-state index contributed by atoms with van der Waals surface area (Å²) in [5.74, 6) is -0.299. The van der Waals surface area contributed by atoms with E-state index in [0.717, 1.165) is 10.2 Å². The molecule has 0 aliphatic carbocycles. The Morgan fingerprint density at radius 1 is 1.30 bits per heavy atom. The van der Waals surface area contributed by atoms with Crippen LogP contribution >= 0.6 is 11.3 Å². The Balaban J connectivity index is 1.65. The Bertz CT molecular complexity index is 843. The maximum Gasteiger partial charge on any atom is 0.228 e. The van der Waals surface area contributed by atoms with Crippen molar-refractivity contribution in [3.8, 4) is 0 Å². The highest BCUT2D eigenvalue weighted by molar-refractivity contribution is 7.22. The van der Waals surface area contributed by atoms with Crippen LogP contribution in [0.1, 0.15) is 13.3 Å². The van der Waals surface area contributed by atoms with Crippen molar-refractivity contribution in [2.45, 2.75) is 19.9 Å². The highest BCUT2D eigenvalue weighted by Gasteiger charge is 2.09. The molecule has 2 aromatic heterocycles. The van der Waals surface area contributed by atoms with Gasteiger partial charge in [0.2, 0.25) is 11.8 Å². The molecule has 0 saturated carbocycles. The van der Waals surface area contributed by atoms with Gasteiger partial charge in [0, 0.05) is 19.0 Å². The summed E-state index contributed by atoms with van der Waals surface area (Å²) in [5, 5.41) is 16.7. The average Bonchev–Trinajstić information content (AvgIpc) is 3.12. The molecule has 2 heterocycles. The van der Waals surface area contributed by atoms with Crippen LogP contribution in [0, 0.1) is 0 Å². The third kappa shape index (κ3) is 3.86. The van der Waals surface area contributed by atoms with E-state index >= 15 is 0 Å². The number of hydrogen-bond acceptors (Lipinski definition) is 7. The Kier molecular flexibility index (Phi) is 4.24. The summed E-state index contributed by atoms with van der Waals surface area (Å²) in [4.78, 5) is 27.3. The summed E-state index contributed by atoms with van der Waals surface area (Å²) in [5.41, 5.74) is 1.46. The first-order chi connectivity index (χ1) is 11.1. The molecule has 0 spiro atoms. The fourth-order valence-corrected chi connectivity index (χ4v) is 2.86. The summed E-state index contributed by atoms with van der Waals surface area (Å²) in [6, 6.07) is 5.39. The predicted octanol–water partition coefficient (Wildman–Crippen LogP) is 1.27. The molecule has 2 amide bonds. The highest BCUT2D eigenvalue weighted by atomic mass is 32.1. The summed E-state index contributed by atoms with van der Waals surface area (Å²) < 4.78 is 2.37. The van der Waals surface area contributed by atoms with Crippen molar-refractivity contribution in [3.05, 3.63) is 24.5 Å². The van der Waals surface area contributed by atoms with Gasteiger partial charge in [-0.2, -0.15) is 0 Å². The molecule has 9 nitrogen and oxygen atoms in total. The fourth-order valence-electron chi connectivity index (χ4n) is 1.94. The van der Waals surface area contributed by atoms with E-state index in [2.05, 4.69) is 31.1 Å². The summed E-state index contributed by atoms with van der Waals surface area (Å²) in [6.45, 7) is 1.85. The molecule has 10 heteroatoms. The molecule has 0 saturated heterocycles. The number of amides is 2. The van der Waals surface area contributed by atoms with Crippen LogP contribution in [0.2, 0.25) is 0 Å². The molecular formula is C13H13N7O2S. The van der Waals surface area contributed by atoms with Crippen molar-refractivity contribution in [1.29, 1.82) is 0 Å². The normalized spacial score (nSPS) is 10.7. The number of carbonyl (C=O) groups is 2. The second kappa shape index (κ2) is 6.48. The van der Waals surface area contributed by atoms with E-state index < -0.39 is 0 Å². The van der Waals surface area contributed by atoms with Gasteiger partial charge in [-0.05, 0) is 28.6 Å². The molecule has 0 radical (unpaired) electrons. The lowest BCUT2D eigenvalue weighted by Crippen LogP contribution is -2.14. The first kappa shape index (κ1) is 15.0. The number of anilines is 2. The fraction of sp³-hybridized carbons (Fsp3) is 0.231. The smallest absolute Gasteiger partial charge is 0.228 e. The number of carbonyl (C=O) groups excluding carboxylic acids is 2. The van der Waals surface area contributed by atoms with Gasteiger partial charge in [0.15, 0.2) is 5.13 Å². The zero-order chi connectivity index (χ0) is 16.2. The predicted molar refractivity (Wildman–Crippen MR) is 85.0 cm³/mol. The number of benzene rings is 1. The first-order valence-corrected chi connectivity index (χ1v) is 7.60. The van der Waals surface area contributed by atoms with Crippen molar-refractivity contribution in [2.75, 3.05) is 10.6 Å². The number of nitrogens with one attached hydrogen (secondary N) is 2. The van der Waals surface area contributed by atoms with Crippen LogP contribution in [0.4, 0.5) is 10.8 Å². The number of rotatable bonds is 5. The lowest BCUT2D eigenvalue weighted by molar-refractivity contribution is -0.116. The zero-order valence-electron chi connectivity index (χ0n) is 12.2. The number of hydrogen-bond donors (Lipinski definition) is 2. The second-order valence-electron chi connectivity index (χ2n) is 4.75. The molecule has 0 aliphatic rings. The SMILES string of the molecule is CC(=O)Nc1ccc2nc(NC(=O)CCn3cnnn3)sc2c1. The van der Waals surface area contributed by atoms with E-state index in [-0.39, 0.29) is 18.2 Å². The summed E-state index contributed by atoms with van der Waals surface area (Å²) >= 11 is 1.35. The Morgan fingerprint density at radius 2 is 2.17 bits per heavy atom. The largest absolute Gasteiger partial charge is 0.326 e. The molecule has 3 rings (SSSR count). The lowest BCUT2D eigenvalue weighted by atomic mass is 10.3. The van der Waals surface area contributed by atoms with Crippen LogP contribution in [0.5, 0.6) is 0 Å². The minimum absolute atomic E-state index is 0.134. The molecule has 0 fully saturated rings. The standard InChI is InChI=1S/C13H13N7O2S/c1-8(21)15-9-2-3-10-11(6-9)23-13(16-10)17-12(22)4-5-20-7-14-18-19-20/h2-3,6-7H,4-5H2,1H3,(H,15,21)(H,16,17,22). The molecular weight excluding hydrogens is 318 g/mol. The van der Waals surface area contributed by atoms with Gasteiger partial charge in [-0.25, -0.2) is 9.67 Å². The molecule has 3 aromatic rings. The van der Waals surface area contributed by atoms with Crippen LogP contribution in [-0.4, -0.2) is 37.0 Å². The Hall–Kier alpha value is -2.88. The van der Waals surface area contributed by atoms with Gasteiger partial charge in [-0.3, -0.25) is 9.59 Å². The van der Waals surface area contributed by atoms with Gasteiger partial charge >= 0.3 is 0 Å². The van der Waals surface area contributed by atoms with Crippen molar-refractivity contribution in [1.82, 2.24) is 25.2 Å². The van der Waals surface area contributed by atoms with Crippen LogP contribution in [0.3, 0.4) is 0 Å². The van der Waals surface area contributed by atoms with Gasteiger partial charge in [0.1, 0.15) is 6.33 Å². The first-order valence-electron chi connectivity index (χ1n) is 6.79. The van der Waals surface area contributed by atoms with Gasteiger partial charge in [0.25, 0.3) is 0 Å². The molecule has 118 valence electrons. The van der Waals surface area contributed by atoms with Gasteiger partial charge < -0.3 is 10.6 Å². The monoisotopic (exact) mass is 331 g/mol. The van der Waals surface area contributed by atoms with E-state index in [0.29, 0.717) is 17.4 Å². The topological polar surface area (TPSA) is 115 Å². The molecule has 23 heavy (non-hydrogen) atoms. The number of aryl methyl sites for hydroxylation is 1. The van der Waals surface area contributed by atoms with E-state index in [4.69, 9.17) is 0 Å². The third-order valence-corrected chi connectivity index (χ3v) is 3.85. The number of thiazole rings is 1. The molecule has 1 aromatic carbocycles. The van der Waals surface area contributed by atoms with Crippen molar-refractivity contribution >= 4 is 44.2 Å². The highest BCUT2D eigenvalue weighted by Crippen LogP contribution is 2.28. The summed E-state index contributed by atoms with van der Waals surface area (Å²) in [7, 11) is 0. The molecule has 0 aliphatic heterocycles. The second-order valence-corrected chi connectivity index (χ2v) is 5.78. The molecule has 2 N–H and O–H groups in total. The molecule has 0 unspecified atom stereocenters. The van der Waals surface area contributed by atoms with Crippen molar-refractivity contribution < 1.29 is 9.59 Å². The van der Waals surface area contributed by atoms with Gasteiger partial charge in [0.05, 0.1) is 16.8 Å². The maximum atomic E-state index is 11.9. The average molecular weight is 331 g/mol. The minimum Gasteiger partial charge on any atom is -0.326 e. The zero-order valence-corrected chi connectivity index (χ0v) is 13.0. The number of aromatic nitrogens is 5. The van der Waals surface area contributed by atoms with E-state index in [1.54, 1.807) is 12.1 Å². The van der Waals surface area contributed by atoms with Crippen LogP contribution in [0.25, 0.3) is 10.2 Å². The Morgan fingerprint density at radius 3 is 2.91 bits per heavy atom. The summed E-state index contributed by atoms with van der Waals surface area (Å²) in [6.07, 6.45) is 1.70. The van der Waals surface area contributed by atoms with E-state index in [9.17, 15) is 9.59 Å². The number of nitrogens with zero attached hydrogens (tertiary/aromatic N) is 5. The van der Waals surface area contributed by atoms with Crippen molar-refractivity contribution in [3.63, 3.8) is 0 Å².